The number of rotatable bonds is 4. The zero-order valence-electron chi connectivity index (χ0n) is 11.3. The molecule has 2 aromatic rings. The fourth-order valence-corrected chi connectivity index (χ4v) is 5.43. The first kappa shape index (κ1) is 14.7. The number of aliphatic hydroxyl groups is 1. The van der Waals surface area contributed by atoms with Crippen LogP contribution < -0.4 is 0 Å². The van der Waals surface area contributed by atoms with Gasteiger partial charge in [0.05, 0.1) is 22.9 Å². The molecule has 0 spiro atoms. The highest BCUT2D eigenvalue weighted by molar-refractivity contribution is 7.92. The summed E-state index contributed by atoms with van der Waals surface area (Å²) >= 11 is 1.48. The van der Waals surface area contributed by atoms with Gasteiger partial charge in [0.1, 0.15) is 6.10 Å². The summed E-state index contributed by atoms with van der Waals surface area (Å²) in [7, 11) is -3.49. The number of aliphatic hydroxyl groups excluding tert-OH is 1. The van der Waals surface area contributed by atoms with E-state index < -0.39 is 27.3 Å². The minimum absolute atomic E-state index is 0.164. The van der Waals surface area contributed by atoms with E-state index in [1.165, 1.54) is 11.3 Å². The van der Waals surface area contributed by atoms with Gasteiger partial charge in [0.2, 0.25) is 0 Å². The molecule has 1 N–H and O–H groups in total. The Morgan fingerprint density at radius 3 is 2.57 bits per heavy atom. The molecule has 3 atom stereocenters. The third-order valence-corrected chi connectivity index (χ3v) is 6.77. The summed E-state index contributed by atoms with van der Waals surface area (Å²) in [4.78, 5) is 1.19. The average Bonchev–Trinajstić information content (AvgIpc) is 3.17. The number of thiophene rings is 1. The molecule has 4 nitrogen and oxygen atoms in total. The molecule has 0 unspecified atom stereocenters. The van der Waals surface area contributed by atoms with E-state index in [1.807, 2.05) is 17.5 Å². The van der Waals surface area contributed by atoms with E-state index in [-0.39, 0.29) is 6.61 Å². The van der Waals surface area contributed by atoms with E-state index in [2.05, 4.69) is 0 Å². The van der Waals surface area contributed by atoms with Gasteiger partial charge in [-0.2, -0.15) is 0 Å². The van der Waals surface area contributed by atoms with Gasteiger partial charge in [0.25, 0.3) is 0 Å². The first-order chi connectivity index (χ1) is 10.1. The van der Waals surface area contributed by atoms with Crippen LogP contribution >= 0.6 is 11.3 Å². The molecule has 112 valence electrons. The van der Waals surface area contributed by atoms with Crippen molar-refractivity contribution in [3.05, 3.63) is 52.7 Å². The van der Waals surface area contributed by atoms with Gasteiger partial charge in [-0.1, -0.05) is 24.3 Å². The highest BCUT2D eigenvalue weighted by Gasteiger charge is 2.44. The molecule has 2 heterocycles. The van der Waals surface area contributed by atoms with Gasteiger partial charge in [-0.3, -0.25) is 0 Å². The summed E-state index contributed by atoms with van der Waals surface area (Å²) in [5.41, 5.74) is 0. The summed E-state index contributed by atoms with van der Waals surface area (Å²) in [5.74, 6) is 0. The second-order valence-corrected chi connectivity index (χ2v) is 8.16. The zero-order valence-corrected chi connectivity index (χ0v) is 12.9. The summed E-state index contributed by atoms with van der Waals surface area (Å²) in [6.07, 6.45) is -0.621. The van der Waals surface area contributed by atoms with Crippen LogP contribution in [0.25, 0.3) is 0 Å². The molecular formula is C15H16O4S2. The highest BCUT2D eigenvalue weighted by atomic mass is 32.2. The quantitative estimate of drug-likeness (QED) is 0.938. The third-order valence-electron chi connectivity index (χ3n) is 3.67. The Labute approximate surface area is 127 Å². The Balaban J connectivity index is 1.98. The van der Waals surface area contributed by atoms with Crippen molar-refractivity contribution < 1.29 is 18.3 Å². The second kappa shape index (κ2) is 5.88. The van der Waals surface area contributed by atoms with Crippen molar-refractivity contribution in [2.45, 2.75) is 28.8 Å². The lowest BCUT2D eigenvalue weighted by Crippen LogP contribution is -2.24. The molecule has 0 bridgehead atoms. The van der Waals surface area contributed by atoms with E-state index >= 15 is 0 Å². The number of hydrogen-bond donors (Lipinski definition) is 1. The van der Waals surface area contributed by atoms with Gasteiger partial charge >= 0.3 is 0 Å². The molecule has 3 rings (SSSR count). The number of benzene rings is 1. The first-order valence-corrected chi connectivity index (χ1v) is 9.14. The van der Waals surface area contributed by atoms with Crippen LogP contribution in [-0.2, 0) is 14.6 Å². The molecule has 1 fully saturated rings. The van der Waals surface area contributed by atoms with Crippen molar-refractivity contribution in [3.8, 4) is 0 Å². The molecule has 1 aromatic carbocycles. The topological polar surface area (TPSA) is 63.6 Å². The van der Waals surface area contributed by atoms with Crippen molar-refractivity contribution >= 4 is 21.2 Å². The van der Waals surface area contributed by atoms with Gasteiger partial charge < -0.3 is 9.84 Å². The van der Waals surface area contributed by atoms with Crippen molar-refractivity contribution in [1.29, 1.82) is 0 Å². The summed E-state index contributed by atoms with van der Waals surface area (Å²) in [5, 5.41) is 10.6. The molecule has 1 saturated heterocycles. The Hall–Kier alpha value is -1.21. The maximum Gasteiger partial charge on any atom is 0.184 e. The predicted octanol–water partition coefficient (Wildman–Crippen LogP) is 2.41. The fourth-order valence-electron chi connectivity index (χ4n) is 2.63. The van der Waals surface area contributed by atoms with Gasteiger partial charge in [-0.25, -0.2) is 8.42 Å². The lowest BCUT2D eigenvalue weighted by molar-refractivity contribution is 0.0129. The lowest BCUT2D eigenvalue weighted by atomic mass is 10.1. The average molecular weight is 324 g/mol. The molecule has 6 heteroatoms. The fraction of sp³-hybridized carbons (Fsp3) is 0.333. The van der Waals surface area contributed by atoms with Crippen LogP contribution in [0.4, 0.5) is 0 Å². The smallest absolute Gasteiger partial charge is 0.184 e. The van der Waals surface area contributed by atoms with E-state index in [9.17, 15) is 13.5 Å². The molecular weight excluding hydrogens is 308 g/mol. The summed E-state index contributed by atoms with van der Waals surface area (Å²) in [6.45, 7) is -0.164. The maximum absolute atomic E-state index is 12.8. The largest absolute Gasteiger partial charge is 0.394 e. The molecule has 1 aliphatic heterocycles. The van der Waals surface area contributed by atoms with Gasteiger partial charge in [-0.15, -0.1) is 11.3 Å². The normalized spacial score (nSPS) is 26.0. The van der Waals surface area contributed by atoms with Crippen LogP contribution in [0.15, 0.2) is 52.7 Å². The lowest BCUT2D eigenvalue weighted by Gasteiger charge is -2.17. The molecule has 1 aromatic heterocycles. The minimum Gasteiger partial charge on any atom is -0.394 e. The molecule has 0 radical (unpaired) electrons. The zero-order chi connectivity index (χ0) is 14.9. The Morgan fingerprint density at radius 1 is 1.19 bits per heavy atom. The van der Waals surface area contributed by atoms with Crippen LogP contribution in [0, 0.1) is 0 Å². The van der Waals surface area contributed by atoms with Crippen LogP contribution in [0.1, 0.15) is 17.4 Å². The molecule has 21 heavy (non-hydrogen) atoms. The number of sulfone groups is 1. The molecule has 0 aliphatic carbocycles. The molecule has 0 amide bonds. The van der Waals surface area contributed by atoms with Crippen molar-refractivity contribution in [3.63, 3.8) is 0 Å². The van der Waals surface area contributed by atoms with Crippen molar-refractivity contribution in [1.82, 2.24) is 0 Å². The Bertz CT molecular complexity index is 680. The highest BCUT2D eigenvalue weighted by Crippen LogP contribution is 2.41. The third kappa shape index (κ3) is 2.76. The van der Waals surface area contributed by atoms with E-state index in [1.54, 1.807) is 30.3 Å². The van der Waals surface area contributed by atoms with Gasteiger partial charge in [-0.05, 0) is 30.0 Å². The van der Waals surface area contributed by atoms with Crippen LogP contribution in [0.5, 0.6) is 0 Å². The number of ether oxygens (including phenoxy) is 1. The standard InChI is InChI=1S/C15H16O4S2/c16-10-11-9-14(15(19-11)13-7-4-8-20-13)21(17,18)12-5-2-1-3-6-12/h1-8,11,14-16H,9-10H2/t11-,14+,15-/m0/s1. The van der Waals surface area contributed by atoms with Gasteiger partial charge in [0.15, 0.2) is 9.84 Å². The second-order valence-electron chi connectivity index (χ2n) is 5.01. The first-order valence-electron chi connectivity index (χ1n) is 6.71. The number of hydrogen-bond acceptors (Lipinski definition) is 5. The van der Waals surface area contributed by atoms with Crippen molar-refractivity contribution in [2.24, 2.45) is 0 Å². The SMILES string of the molecule is O=S(=O)(c1ccccc1)[C@@H]1C[C@@H](CO)O[C@H]1c1cccs1. The van der Waals surface area contributed by atoms with E-state index in [0.717, 1.165) is 4.88 Å². The maximum atomic E-state index is 12.8. The molecule has 1 aliphatic rings. The minimum atomic E-state index is -3.49. The van der Waals surface area contributed by atoms with E-state index in [4.69, 9.17) is 4.74 Å². The molecule has 0 saturated carbocycles. The van der Waals surface area contributed by atoms with Crippen molar-refractivity contribution in [2.75, 3.05) is 6.61 Å². The van der Waals surface area contributed by atoms with E-state index in [0.29, 0.717) is 11.3 Å². The Morgan fingerprint density at radius 2 is 1.95 bits per heavy atom. The van der Waals surface area contributed by atoms with Crippen LogP contribution in [0.3, 0.4) is 0 Å². The summed E-state index contributed by atoms with van der Waals surface area (Å²) < 4.78 is 31.4. The Kier molecular flexibility index (Phi) is 4.12. The van der Waals surface area contributed by atoms with Crippen LogP contribution in [0.2, 0.25) is 0 Å². The van der Waals surface area contributed by atoms with Gasteiger partial charge in [0, 0.05) is 4.88 Å². The summed E-state index contributed by atoms with van der Waals surface area (Å²) in [6, 6.07) is 12.2. The monoisotopic (exact) mass is 324 g/mol. The van der Waals surface area contributed by atoms with Crippen LogP contribution in [-0.4, -0.2) is 31.5 Å². The predicted molar refractivity (Wildman–Crippen MR) is 81.1 cm³/mol.